The summed E-state index contributed by atoms with van der Waals surface area (Å²) in [6.45, 7) is 2.99. The van der Waals surface area contributed by atoms with E-state index in [1.807, 2.05) is 11.8 Å². The maximum Gasteiger partial charge on any atom is 0.132 e. The molecule has 0 N–H and O–H groups in total. The molecule has 0 spiro atoms. The summed E-state index contributed by atoms with van der Waals surface area (Å²) in [7, 11) is 0. The van der Waals surface area contributed by atoms with E-state index in [1.165, 1.54) is 0 Å². The molecule has 2 aliphatic rings. The van der Waals surface area contributed by atoms with Crippen LogP contribution < -0.4 is 0 Å². The summed E-state index contributed by atoms with van der Waals surface area (Å²) in [5, 5.41) is 0.412. The molecule has 0 amide bonds. The van der Waals surface area contributed by atoms with Gasteiger partial charge in [-0.3, -0.25) is 9.98 Å². The van der Waals surface area contributed by atoms with Gasteiger partial charge in [0.15, 0.2) is 0 Å². The molecule has 0 bridgehead atoms. The Labute approximate surface area is 58.5 Å². The number of thioether (sulfide) groups is 1. The van der Waals surface area contributed by atoms with Gasteiger partial charge in [-0.15, -0.1) is 11.8 Å². The Balaban J connectivity index is 2.13. The Bertz CT molecular complexity index is 164. The van der Waals surface area contributed by atoms with Crippen molar-refractivity contribution >= 4 is 23.5 Å². The second-order valence-electron chi connectivity index (χ2n) is 2.05. The van der Waals surface area contributed by atoms with E-state index in [0.29, 0.717) is 11.3 Å². The van der Waals surface area contributed by atoms with Gasteiger partial charge in [0.25, 0.3) is 0 Å². The number of hydrogen-bond acceptors (Lipinski definition) is 3. The Kier molecular flexibility index (Phi) is 1.30. The van der Waals surface area contributed by atoms with Crippen molar-refractivity contribution in [3.63, 3.8) is 0 Å². The lowest BCUT2D eigenvalue weighted by molar-refractivity contribution is 0.701. The van der Waals surface area contributed by atoms with E-state index in [4.69, 9.17) is 0 Å². The van der Waals surface area contributed by atoms with Crippen molar-refractivity contribution in [2.24, 2.45) is 9.98 Å². The van der Waals surface area contributed by atoms with Gasteiger partial charge in [0.2, 0.25) is 0 Å². The maximum absolute atomic E-state index is 4.24. The average Bonchev–Trinajstić information content (AvgIpc) is 2.33. The first kappa shape index (κ1) is 5.47. The minimum absolute atomic E-state index is 0.412. The van der Waals surface area contributed by atoms with E-state index in [0.717, 1.165) is 6.42 Å². The van der Waals surface area contributed by atoms with Crippen LogP contribution in [0.5, 0.6) is 0 Å². The molecule has 2 atom stereocenters. The zero-order valence-corrected chi connectivity index (χ0v) is 5.64. The van der Waals surface area contributed by atoms with Crippen molar-refractivity contribution in [2.75, 3.05) is 0 Å². The van der Waals surface area contributed by atoms with Gasteiger partial charge in [0.1, 0.15) is 6.54 Å². The first-order valence-corrected chi connectivity index (χ1v) is 3.85. The highest BCUT2D eigenvalue weighted by Gasteiger charge is 2.26. The predicted molar refractivity (Wildman–Crippen MR) is 40.0 cm³/mol. The summed E-state index contributed by atoms with van der Waals surface area (Å²) in [4.78, 5) is 8.19. The number of nitrogens with zero attached hydrogens (tertiary/aromatic N) is 2. The first-order chi connectivity index (χ1) is 4.47. The monoisotopic (exact) mass is 138 g/mol. The highest BCUT2D eigenvalue weighted by Crippen LogP contribution is 2.28. The van der Waals surface area contributed by atoms with Crippen LogP contribution in [-0.4, -0.2) is 23.1 Å². The number of aliphatic imine (C=N–C) groups is 2. The standard InChI is InChI=1S/C6H6N2S/c1-2-7-3-6-5(1)8-4-9-6/h2,4-6H,1H2. The van der Waals surface area contributed by atoms with E-state index in [2.05, 4.69) is 16.5 Å². The molecule has 2 nitrogen and oxygen atoms in total. The van der Waals surface area contributed by atoms with Crippen molar-refractivity contribution in [3.05, 3.63) is 6.54 Å². The second-order valence-corrected chi connectivity index (χ2v) is 3.05. The molecule has 2 aliphatic heterocycles. The molecule has 2 heterocycles. The molecule has 3 heteroatoms. The smallest absolute Gasteiger partial charge is 0.132 e. The minimum atomic E-state index is 0.412. The van der Waals surface area contributed by atoms with E-state index >= 15 is 0 Å². The Morgan fingerprint density at radius 3 is 3.56 bits per heavy atom. The maximum atomic E-state index is 4.24. The molecule has 0 saturated heterocycles. The zero-order valence-electron chi connectivity index (χ0n) is 4.82. The summed E-state index contributed by atoms with van der Waals surface area (Å²) in [5.41, 5.74) is 1.90. The van der Waals surface area contributed by atoms with Gasteiger partial charge < -0.3 is 0 Å². The molecule has 2 rings (SSSR count). The summed E-state index contributed by atoms with van der Waals surface area (Å²) in [6, 6.07) is 0.437. The van der Waals surface area contributed by atoms with E-state index in [-0.39, 0.29) is 0 Å². The molecule has 9 heavy (non-hydrogen) atoms. The fourth-order valence-corrected chi connectivity index (χ4v) is 1.78. The summed E-state index contributed by atoms with van der Waals surface area (Å²) >= 11 is 1.71. The summed E-state index contributed by atoms with van der Waals surface area (Å²) < 4.78 is 0. The lowest BCUT2D eigenvalue weighted by Crippen LogP contribution is -2.21. The zero-order chi connectivity index (χ0) is 6.10. The Hall–Kier alpha value is -0.310. The third-order valence-corrected chi connectivity index (χ3v) is 2.41. The molecule has 0 aromatic heterocycles. The van der Waals surface area contributed by atoms with Gasteiger partial charge in [-0.1, -0.05) is 0 Å². The quantitative estimate of drug-likeness (QED) is 0.490. The van der Waals surface area contributed by atoms with Gasteiger partial charge in [0.05, 0.1) is 16.8 Å². The average molecular weight is 138 g/mol. The predicted octanol–water partition coefficient (Wildman–Crippen LogP) is 1.01. The highest BCUT2D eigenvalue weighted by molar-refractivity contribution is 8.13. The number of rotatable bonds is 0. The fourth-order valence-electron chi connectivity index (χ4n) is 0.936. The third kappa shape index (κ3) is 0.894. The van der Waals surface area contributed by atoms with Gasteiger partial charge >= 0.3 is 0 Å². The van der Waals surface area contributed by atoms with Gasteiger partial charge in [-0.2, -0.15) is 0 Å². The molecule has 0 aliphatic carbocycles. The second kappa shape index (κ2) is 2.14. The first-order valence-electron chi connectivity index (χ1n) is 2.91. The molecule has 2 radical (unpaired) electrons. The van der Waals surface area contributed by atoms with Gasteiger partial charge in [0, 0.05) is 12.6 Å². The lowest BCUT2D eigenvalue weighted by atomic mass is 10.1. The molecular formula is C6H6N2S. The van der Waals surface area contributed by atoms with Gasteiger partial charge in [-0.05, 0) is 0 Å². The van der Waals surface area contributed by atoms with E-state index in [9.17, 15) is 0 Å². The van der Waals surface area contributed by atoms with Crippen molar-refractivity contribution in [1.82, 2.24) is 0 Å². The van der Waals surface area contributed by atoms with Crippen molar-refractivity contribution in [2.45, 2.75) is 17.7 Å². The number of hydrogen-bond donors (Lipinski definition) is 0. The number of fused-ring (bicyclic) bond motifs is 1. The van der Waals surface area contributed by atoms with Crippen LogP contribution in [0.1, 0.15) is 6.42 Å². The third-order valence-electron chi connectivity index (χ3n) is 1.45. The Morgan fingerprint density at radius 1 is 1.67 bits per heavy atom. The lowest BCUT2D eigenvalue weighted by Gasteiger charge is -2.14. The SMILES string of the molecule is [C]1N=CCC2N=CSC12. The van der Waals surface area contributed by atoms with Crippen LogP contribution in [0.15, 0.2) is 9.98 Å². The Morgan fingerprint density at radius 2 is 2.67 bits per heavy atom. The van der Waals surface area contributed by atoms with Crippen LogP contribution in [0.2, 0.25) is 0 Å². The van der Waals surface area contributed by atoms with E-state index in [1.54, 1.807) is 11.8 Å². The highest BCUT2D eigenvalue weighted by atomic mass is 32.2. The minimum Gasteiger partial charge on any atom is -0.284 e. The molecule has 2 unspecified atom stereocenters. The normalized spacial score (nSPS) is 39.1. The van der Waals surface area contributed by atoms with Crippen LogP contribution in [0.4, 0.5) is 0 Å². The molecule has 0 aromatic carbocycles. The molecule has 46 valence electrons. The van der Waals surface area contributed by atoms with Gasteiger partial charge in [-0.25, -0.2) is 0 Å². The van der Waals surface area contributed by atoms with Crippen molar-refractivity contribution < 1.29 is 0 Å². The largest absolute Gasteiger partial charge is 0.284 e. The molecular weight excluding hydrogens is 132 g/mol. The van der Waals surface area contributed by atoms with Crippen molar-refractivity contribution in [3.8, 4) is 0 Å². The van der Waals surface area contributed by atoms with Crippen LogP contribution >= 0.6 is 11.8 Å². The summed E-state index contributed by atoms with van der Waals surface area (Å²) in [6.07, 6.45) is 2.87. The van der Waals surface area contributed by atoms with Crippen LogP contribution in [0.25, 0.3) is 0 Å². The topological polar surface area (TPSA) is 24.7 Å². The molecule has 0 aromatic rings. The van der Waals surface area contributed by atoms with Crippen LogP contribution in [-0.2, 0) is 0 Å². The molecule has 0 saturated carbocycles. The van der Waals surface area contributed by atoms with Crippen LogP contribution in [0, 0.1) is 6.54 Å². The van der Waals surface area contributed by atoms with E-state index < -0.39 is 0 Å². The van der Waals surface area contributed by atoms with Crippen molar-refractivity contribution in [1.29, 1.82) is 0 Å². The molecule has 0 fully saturated rings. The summed E-state index contributed by atoms with van der Waals surface area (Å²) in [5.74, 6) is 0. The van der Waals surface area contributed by atoms with Crippen LogP contribution in [0.3, 0.4) is 0 Å². The fraction of sp³-hybridized carbons (Fsp3) is 0.500.